The third kappa shape index (κ3) is 3.87. The Morgan fingerprint density at radius 2 is 1.76 bits per heavy atom. The standard InChI is InChI=1S/C19H22Cl2N2O2/c1-24-13-6-7-17(25-2)15(12-13)19(23-10-8-22-9-11-23)14-4-3-5-16(20)18(14)21/h3-7,12,19,22H,8-11H2,1-2H3. The Morgan fingerprint density at radius 3 is 2.44 bits per heavy atom. The lowest BCUT2D eigenvalue weighted by molar-refractivity contribution is 0.195. The second-order valence-corrected chi connectivity index (χ2v) is 6.72. The van der Waals surface area contributed by atoms with Crippen molar-refractivity contribution >= 4 is 23.2 Å². The van der Waals surface area contributed by atoms with Crippen molar-refractivity contribution in [2.24, 2.45) is 0 Å². The Balaban J connectivity index is 2.16. The van der Waals surface area contributed by atoms with Gasteiger partial charge in [-0.1, -0.05) is 35.3 Å². The van der Waals surface area contributed by atoms with Crippen LogP contribution in [0.15, 0.2) is 36.4 Å². The SMILES string of the molecule is COc1ccc(OC)c(C(c2cccc(Cl)c2Cl)N2CCNCC2)c1. The molecule has 1 saturated heterocycles. The number of rotatable bonds is 5. The minimum absolute atomic E-state index is 0.0571. The molecule has 4 nitrogen and oxygen atoms in total. The number of hydrogen-bond donors (Lipinski definition) is 1. The van der Waals surface area contributed by atoms with Crippen molar-refractivity contribution in [2.75, 3.05) is 40.4 Å². The normalized spacial score (nSPS) is 16.5. The van der Waals surface area contributed by atoms with Crippen LogP contribution in [-0.2, 0) is 0 Å². The van der Waals surface area contributed by atoms with E-state index in [4.69, 9.17) is 32.7 Å². The molecule has 1 aliphatic rings. The summed E-state index contributed by atoms with van der Waals surface area (Å²) in [5.41, 5.74) is 2.00. The van der Waals surface area contributed by atoms with E-state index in [-0.39, 0.29) is 6.04 Å². The van der Waals surface area contributed by atoms with Gasteiger partial charge in [0.05, 0.1) is 30.3 Å². The first-order valence-corrected chi connectivity index (χ1v) is 9.02. The fourth-order valence-corrected chi connectivity index (χ4v) is 3.70. The molecule has 134 valence electrons. The molecule has 0 spiro atoms. The lowest BCUT2D eigenvalue weighted by atomic mass is 9.95. The van der Waals surface area contributed by atoms with Gasteiger partial charge in [-0.15, -0.1) is 0 Å². The second-order valence-electron chi connectivity index (χ2n) is 5.94. The number of halogens is 2. The quantitative estimate of drug-likeness (QED) is 0.849. The summed E-state index contributed by atoms with van der Waals surface area (Å²) in [5.74, 6) is 1.59. The molecule has 1 atom stereocenters. The Labute approximate surface area is 158 Å². The molecule has 0 aromatic heterocycles. The van der Waals surface area contributed by atoms with Gasteiger partial charge < -0.3 is 14.8 Å². The molecule has 1 unspecified atom stereocenters. The molecule has 1 fully saturated rings. The van der Waals surface area contributed by atoms with Crippen molar-refractivity contribution in [1.29, 1.82) is 0 Å². The van der Waals surface area contributed by atoms with E-state index in [0.717, 1.165) is 48.8 Å². The zero-order valence-corrected chi connectivity index (χ0v) is 15.9. The van der Waals surface area contributed by atoms with Crippen LogP contribution in [0.25, 0.3) is 0 Å². The number of nitrogens with zero attached hydrogens (tertiary/aromatic N) is 1. The summed E-state index contributed by atoms with van der Waals surface area (Å²) in [6, 6.07) is 11.6. The van der Waals surface area contributed by atoms with Gasteiger partial charge in [0, 0.05) is 31.7 Å². The van der Waals surface area contributed by atoms with Crippen LogP contribution in [0.4, 0.5) is 0 Å². The van der Waals surface area contributed by atoms with Gasteiger partial charge in [0.25, 0.3) is 0 Å². The molecule has 2 aromatic carbocycles. The molecule has 0 amide bonds. The van der Waals surface area contributed by atoms with E-state index < -0.39 is 0 Å². The third-order valence-corrected chi connectivity index (χ3v) is 5.36. The first-order chi connectivity index (χ1) is 12.2. The van der Waals surface area contributed by atoms with Crippen molar-refractivity contribution in [1.82, 2.24) is 10.2 Å². The average Bonchev–Trinajstić information content (AvgIpc) is 2.66. The summed E-state index contributed by atoms with van der Waals surface area (Å²) in [7, 11) is 3.34. The van der Waals surface area contributed by atoms with Crippen LogP contribution < -0.4 is 14.8 Å². The molecular formula is C19H22Cl2N2O2. The van der Waals surface area contributed by atoms with Crippen LogP contribution in [0.5, 0.6) is 11.5 Å². The van der Waals surface area contributed by atoms with Crippen LogP contribution in [0, 0.1) is 0 Å². The minimum atomic E-state index is -0.0571. The molecule has 1 aliphatic heterocycles. The topological polar surface area (TPSA) is 33.7 Å². The molecule has 0 saturated carbocycles. The molecule has 25 heavy (non-hydrogen) atoms. The van der Waals surface area contributed by atoms with E-state index in [2.05, 4.69) is 10.2 Å². The van der Waals surface area contributed by atoms with Gasteiger partial charge in [-0.2, -0.15) is 0 Å². The van der Waals surface area contributed by atoms with E-state index in [1.165, 1.54) is 0 Å². The Hall–Kier alpha value is -1.46. The highest BCUT2D eigenvalue weighted by atomic mass is 35.5. The fourth-order valence-electron chi connectivity index (χ4n) is 3.29. The first kappa shape index (κ1) is 18.3. The third-order valence-electron chi connectivity index (χ3n) is 4.52. The number of hydrogen-bond acceptors (Lipinski definition) is 4. The predicted molar refractivity (Wildman–Crippen MR) is 102 cm³/mol. The monoisotopic (exact) mass is 380 g/mol. The molecular weight excluding hydrogens is 359 g/mol. The summed E-state index contributed by atoms with van der Waals surface area (Å²) >= 11 is 12.9. The van der Waals surface area contributed by atoms with Crippen LogP contribution >= 0.6 is 23.2 Å². The summed E-state index contributed by atoms with van der Waals surface area (Å²) in [4.78, 5) is 2.39. The van der Waals surface area contributed by atoms with Gasteiger partial charge >= 0.3 is 0 Å². The first-order valence-electron chi connectivity index (χ1n) is 8.26. The fraction of sp³-hybridized carbons (Fsp3) is 0.368. The number of piperazine rings is 1. The number of nitrogens with one attached hydrogen (secondary N) is 1. The minimum Gasteiger partial charge on any atom is -0.497 e. The van der Waals surface area contributed by atoms with Crippen molar-refractivity contribution in [2.45, 2.75) is 6.04 Å². The molecule has 0 aliphatic carbocycles. The number of ether oxygens (including phenoxy) is 2. The zero-order chi connectivity index (χ0) is 17.8. The van der Waals surface area contributed by atoms with Gasteiger partial charge in [0.2, 0.25) is 0 Å². The maximum atomic E-state index is 6.58. The lowest BCUT2D eigenvalue weighted by Gasteiger charge is -2.36. The summed E-state index contributed by atoms with van der Waals surface area (Å²) < 4.78 is 11.1. The summed E-state index contributed by atoms with van der Waals surface area (Å²) in [5, 5.41) is 4.53. The largest absolute Gasteiger partial charge is 0.497 e. The zero-order valence-electron chi connectivity index (χ0n) is 14.4. The molecule has 0 radical (unpaired) electrons. The molecule has 2 aromatic rings. The highest BCUT2D eigenvalue weighted by Crippen LogP contribution is 2.41. The van der Waals surface area contributed by atoms with Gasteiger partial charge in [0.1, 0.15) is 11.5 Å². The van der Waals surface area contributed by atoms with Crippen molar-refractivity contribution in [3.63, 3.8) is 0 Å². The van der Waals surface area contributed by atoms with Crippen molar-refractivity contribution < 1.29 is 9.47 Å². The highest BCUT2D eigenvalue weighted by molar-refractivity contribution is 6.42. The highest BCUT2D eigenvalue weighted by Gasteiger charge is 2.29. The number of methoxy groups -OCH3 is 2. The molecule has 6 heteroatoms. The lowest BCUT2D eigenvalue weighted by Crippen LogP contribution is -2.45. The Bertz CT molecular complexity index is 733. The maximum Gasteiger partial charge on any atom is 0.124 e. The smallest absolute Gasteiger partial charge is 0.124 e. The Morgan fingerprint density at radius 1 is 1.00 bits per heavy atom. The van der Waals surface area contributed by atoms with Crippen LogP contribution in [0.3, 0.4) is 0 Å². The average molecular weight is 381 g/mol. The molecule has 1 N–H and O–H groups in total. The van der Waals surface area contributed by atoms with E-state index in [0.29, 0.717) is 10.0 Å². The number of benzene rings is 2. The molecule has 1 heterocycles. The summed E-state index contributed by atoms with van der Waals surface area (Å²) in [6.45, 7) is 3.68. The van der Waals surface area contributed by atoms with Gasteiger partial charge in [0.15, 0.2) is 0 Å². The summed E-state index contributed by atoms with van der Waals surface area (Å²) in [6.07, 6.45) is 0. The van der Waals surface area contributed by atoms with E-state index in [9.17, 15) is 0 Å². The van der Waals surface area contributed by atoms with E-state index in [1.54, 1.807) is 14.2 Å². The van der Waals surface area contributed by atoms with Crippen LogP contribution in [-0.4, -0.2) is 45.3 Å². The van der Waals surface area contributed by atoms with Gasteiger partial charge in [-0.05, 0) is 29.8 Å². The van der Waals surface area contributed by atoms with Gasteiger partial charge in [-0.3, -0.25) is 4.90 Å². The van der Waals surface area contributed by atoms with Gasteiger partial charge in [-0.25, -0.2) is 0 Å². The van der Waals surface area contributed by atoms with E-state index in [1.807, 2.05) is 36.4 Å². The Kier molecular flexibility index (Phi) is 6.07. The van der Waals surface area contributed by atoms with Crippen LogP contribution in [0.2, 0.25) is 10.0 Å². The maximum absolute atomic E-state index is 6.58. The second kappa shape index (κ2) is 8.28. The predicted octanol–water partition coefficient (Wildman–Crippen LogP) is 4.01. The molecule has 0 bridgehead atoms. The molecule has 3 rings (SSSR count). The van der Waals surface area contributed by atoms with E-state index >= 15 is 0 Å². The van der Waals surface area contributed by atoms with Crippen LogP contribution in [0.1, 0.15) is 17.2 Å². The van der Waals surface area contributed by atoms with Crippen molar-refractivity contribution in [3.8, 4) is 11.5 Å². The van der Waals surface area contributed by atoms with Crippen molar-refractivity contribution in [3.05, 3.63) is 57.6 Å².